The molecule has 0 unspecified atom stereocenters. The number of carbonyl (C=O) groups excluding carboxylic acids is 1. The number of halogens is 4. The van der Waals surface area contributed by atoms with Gasteiger partial charge in [-0.15, -0.1) is 0 Å². The lowest BCUT2D eigenvalue weighted by Gasteiger charge is -2.15. The molecule has 0 aliphatic rings. The van der Waals surface area contributed by atoms with E-state index in [1.54, 1.807) is 6.07 Å². The second-order valence-corrected chi connectivity index (χ2v) is 6.65. The first-order valence-corrected chi connectivity index (χ1v) is 8.22. The van der Waals surface area contributed by atoms with Crippen molar-refractivity contribution in [2.75, 3.05) is 11.9 Å². The van der Waals surface area contributed by atoms with E-state index in [1.165, 1.54) is 12.1 Å². The first kappa shape index (κ1) is 19.4. The number of ketones is 1. The molecule has 7 heteroatoms. The van der Waals surface area contributed by atoms with Crippen LogP contribution in [0, 0.1) is 13.8 Å². The van der Waals surface area contributed by atoms with E-state index in [0.717, 1.165) is 17.5 Å². The van der Waals surface area contributed by atoms with Crippen LogP contribution in [-0.4, -0.2) is 16.9 Å². The molecule has 0 atom stereocenters. The van der Waals surface area contributed by atoms with E-state index >= 15 is 0 Å². The topological polar surface area (TPSA) is 34.0 Å². The number of carbonyl (C=O) groups is 1. The molecular weight excluding hydrogens is 353 g/mol. The molecule has 0 bridgehead atoms. The minimum absolute atomic E-state index is 0.00956. The highest BCUT2D eigenvalue weighted by Gasteiger charge is 2.34. The first-order chi connectivity index (χ1) is 11.5. The minimum atomic E-state index is -4.55. The smallest absolute Gasteiger partial charge is 0.377 e. The second kappa shape index (κ2) is 7.12. The maximum Gasteiger partial charge on any atom is 0.418 e. The van der Waals surface area contributed by atoms with E-state index in [0.29, 0.717) is 5.56 Å². The molecular formula is C18H20ClF3N2O. The first-order valence-electron chi connectivity index (χ1n) is 7.84. The molecule has 0 amide bonds. The van der Waals surface area contributed by atoms with Crippen molar-refractivity contribution >= 4 is 23.1 Å². The van der Waals surface area contributed by atoms with Crippen LogP contribution in [-0.2, 0) is 6.18 Å². The summed E-state index contributed by atoms with van der Waals surface area (Å²) in [5, 5.41) is 2.58. The van der Waals surface area contributed by atoms with Crippen LogP contribution in [0.1, 0.15) is 47.2 Å². The molecule has 0 radical (unpaired) electrons. The van der Waals surface area contributed by atoms with Gasteiger partial charge in [-0.2, -0.15) is 13.2 Å². The fourth-order valence-electron chi connectivity index (χ4n) is 3.03. The van der Waals surface area contributed by atoms with E-state index in [-0.39, 0.29) is 29.1 Å². The normalized spacial score (nSPS) is 11.9. The summed E-state index contributed by atoms with van der Waals surface area (Å²) in [7, 11) is 0. The van der Waals surface area contributed by atoms with Gasteiger partial charge in [-0.3, -0.25) is 4.79 Å². The van der Waals surface area contributed by atoms with Gasteiger partial charge in [0.2, 0.25) is 0 Å². The Labute approximate surface area is 149 Å². The third kappa shape index (κ3) is 4.18. The van der Waals surface area contributed by atoms with Crippen LogP contribution in [0.15, 0.2) is 24.3 Å². The number of aryl methyl sites for hydroxylation is 1. The zero-order valence-corrected chi connectivity index (χ0v) is 15.2. The van der Waals surface area contributed by atoms with Crippen LogP contribution in [0.25, 0.3) is 0 Å². The molecule has 0 aliphatic heterocycles. The highest BCUT2D eigenvalue weighted by Crippen LogP contribution is 2.36. The average molecular weight is 373 g/mol. The number of benzene rings is 1. The van der Waals surface area contributed by atoms with Crippen molar-refractivity contribution in [2.45, 2.75) is 39.9 Å². The summed E-state index contributed by atoms with van der Waals surface area (Å²) < 4.78 is 41.3. The third-order valence-corrected chi connectivity index (χ3v) is 4.26. The van der Waals surface area contributed by atoms with E-state index in [2.05, 4.69) is 5.32 Å². The molecule has 0 saturated carbocycles. The molecule has 2 rings (SSSR count). The Morgan fingerprint density at radius 1 is 1.24 bits per heavy atom. The van der Waals surface area contributed by atoms with Crippen LogP contribution in [0.5, 0.6) is 0 Å². The van der Waals surface area contributed by atoms with Gasteiger partial charge in [0.05, 0.1) is 12.1 Å². The van der Waals surface area contributed by atoms with Crippen molar-refractivity contribution in [3.05, 3.63) is 51.8 Å². The summed E-state index contributed by atoms with van der Waals surface area (Å²) in [4.78, 5) is 12.5. The van der Waals surface area contributed by atoms with Crippen LogP contribution < -0.4 is 5.32 Å². The van der Waals surface area contributed by atoms with Gasteiger partial charge in [0.25, 0.3) is 0 Å². The fraction of sp³-hybridized carbons (Fsp3) is 0.389. The minimum Gasteiger partial charge on any atom is -0.377 e. The van der Waals surface area contributed by atoms with Gasteiger partial charge in [0.1, 0.15) is 0 Å². The monoisotopic (exact) mass is 372 g/mol. The van der Waals surface area contributed by atoms with Crippen LogP contribution >= 0.6 is 11.6 Å². The fourth-order valence-corrected chi connectivity index (χ4v) is 3.20. The summed E-state index contributed by atoms with van der Waals surface area (Å²) in [5.41, 5.74) is 1.22. The van der Waals surface area contributed by atoms with E-state index in [1.807, 2.05) is 32.3 Å². The lowest BCUT2D eigenvalue weighted by atomic mass is 10.1. The van der Waals surface area contributed by atoms with Crippen LogP contribution in [0.4, 0.5) is 18.9 Å². The Kier molecular flexibility index (Phi) is 5.52. The van der Waals surface area contributed by atoms with Crippen molar-refractivity contribution in [2.24, 2.45) is 0 Å². The average Bonchev–Trinajstić information content (AvgIpc) is 2.79. The number of aromatic nitrogens is 1. The Hall–Kier alpha value is -1.95. The molecule has 2 aromatic rings. The number of nitrogens with one attached hydrogen (secondary N) is 1. The number of Topliss-reactive ketones (excluding diaryl/α,β-unsaturated/α-hetero) is 1. The molecule has 0 fully saturated rings. The molecule has 1 aromatic carbocycles. The molecule has 1 N–H and O–H groups in total. The summed E-state index contributed by atoms with van der Waals surface area (Å²) >= 11 is 5.65. The maximum absolute atomic E-state index is 13.1. The largest absolute Gasteiger partial charge is 0.418 e. The number of anilines is 1. The Morgan fingerprint density at radius 3 is 2.40 bits per heavy atom. The number of hydrogen-bond acceptors (Lipinski definition) is 2. The molecule has 1 aromatic heterocycles. The summed E-state index contributed by atoms with van der Waals surface area (Å²) in [6.07, 6.45) is -4.55. The summed E-state index contributed by atoms with van der Waals surface area (Å²) in [6.45, 7) is 7.53. The van der Waals surface area contributed by atoms with Crippen molar-refractivity contribution in [1.82, 2.24) is 4.57 Å². The van der Waals surface area contributed by atoms with Crippen molar-refractivity contribution in [3.63, 3.8) is 0 Å². The lowest BCUT2D eigenvalue weighted by Crippen LogP contribution is -2.18. The summed E-state index contributed by atoms with van der Waals surface area (Å²) in [5.74, 6) is -0.261. The van der Waals surface area contributed by atoms with Crippen LogP contribution in [0.3, 0.4) is 0 Å². The predicted octanol–water partition coefficient (Wildman–Crippen LogP) is 5.65. The third-order valence-electron chi connectivity index (χ3n) is 4.03. The number of alkyl halides is 3. The van der Waals surface area contributed by atoms with Gasteiger partial charge in [-0.25, -0.2) is 0 Å². The SMILES string of the molecule is Cc1cc(C(=O)CNc2ccc(Cl)cc2C(F)(F)F)c(C)n1C(C)C. The second-order valence-electron chi connectivity index (χ2n) is 6.21. The molecule has 0 aliphatic carbocycles. The number of nitrogens with zero attached hydrogens (tertiary/aromatic N) is 1. The Balaban J connectivity index is 2.23. The lowest BCUT2D eigenvalue weighted by molar-refractivity contribution is -0.136. The van der Waals surface area contributed by atoms with E-state index < -0.39 is 11.7 Å². The standard InChI is InChI=1S/C18H20ClF3N2O/c1-10(2)24-11(3)7-14(12(24)4)17(25)9-23-16-6-5-13(19)8-15(16)18(20,21)22/h5-8,10,23H,9H2,1-4H3. The molecule has 1 heterocycles. The molecule has 3 nitrogen and oxygen atoms in total. The van der Waals surface area contributed by atoms with Crippen molar-refractivity contribution in [3.8, 4) is 0 Å². The van der Waals surface area contributed by atoms with Crippen LogP contribution in [0.2, 0.25) is 5.02 Å². The van der Waals surface area contributed by atoms with E-state index in [9.17, 15) is 18.0 Å². The van der Waals surface area contributed by atoms with Gasteiger partial charge < -0.3 is 9.88 Å². The molecule has 0 saturated heterocycles. The maximum atomic E-state index is 13.1. The van der Waals surface area contributed by atoms with Gasteiger partial charge in [-0.05, 0) is 52.0 Å². The van der Waals surface area contributed by atoms with Gasteiger partial charge in [0.15, 0.2) is 5.78 Å². The van der Waals surface area contributed by atoms with Gasteiger partial charge in [-0.1, -0.05) is 11.6 Å². The predicted molar refractivity (Wildman–Crippen MR) is 93.6 cm³/mol. The highest BCUT2D eigenvalue weighted by molar-refractivity contribution is 6.30. The number of hydrogen-bond donors (Lipinski definition) is 1. The van der Waals surface area contributed by atoms with Gasteiger partial charge >= 0.3 is 6.18 Å². The molecule has 0 spiro atoms. The highest BCUT2D eigenvalue weighted by atomic mass is 35.5. The Bertz CT molecular complexity index is 794. The zero-order valence-electron chi connectivity index (χ0n) is 14.5. The van der Waals surface area contributed by atoms with Crippen molar-refractivity contribution < 1.29 is 18.0 Å². The molecule has 25 heavy (non-hydrogen) atoms. The molecule has 136 valence electrons. The summed E-state index contributed by atoms with van der Waals surface area (Å²) in [6, 6.07) is 5.40. The number of rotatable bonds is 5. The quantitative estimate of drug-likeness (QED) is 0.688. The van der Waals surface area contributed by atoms with Gasteiger partial charge in [0, 0.05) is 33.7 Å². The Morgan fingerprint density at radius 2 is 1.88 bits per heavy atom. The zero-order chi connectivity index (χ0) is 18.9. The van der Waals surface area contributed by atoms with Crippen molar-refractivity contribution in [1.29, 1.82) is 0 Å². The van der Waals surface area contributed by atoms with E-state index in [4.69, 9.17) is 11.6 Å².